The summed E-state index contributed by atoms with van der Waals surface area (Å²) in [6.45, 7) is 0.431. The van der Waals surface area contributed by atoms with Crippen LogP contribution in [0.4, 0.5) is 0 Å². The molecule has 1 aromatic heterocycles. The molecule has 5 nitrogen and oxygen atoms in total. The molecule has 1 aromatic carbocycles. The van der Waals surface area contributed by atoms with Gasteiger partial charge in [-0.1, -0.05) is 29.8 Å². The molecule has 1 aliphatic carbocycles. The van der Waals surface area contributed by atoms with E-state index >= 15 is 0 Å². The number of amides is 1. The first-order valence-electron chi connectivity index (χ1n) is 8.70. The number of H-pyrrole nitrogens is 1. The van der Waals surface area contributed by atoms with Crippen molar-refractivity contribution < 1.29 is 9.90 Å². The number of rotatable bonds is 2. The van der Waals surface area contributed by atoms with E-state index in [0.717, 1.165) is 33.0 Å². The monoisotopic (exact) mass is 401 g/mol. The molecule has 2 aromatic rings. The van der Waals surface area contributed by atoms with Crippen LogP contribution in [0.15, 0.2) is 24.3 Å². The topological polar surface area (TPSA) is 80.1 Å². The van der Waals surface area contributed by atoms with E-state index in [1.807, 2.05) is 18.2 Å². The number of benzene rings is 1. The lowest BCUT2D eigenvalue weighted by Crippen LogP contribution is -2.41. The van der Waals surface area contributed by atoms with Gasteiger partial charge in [0.15, 0.2) is 0 Å². The highest BCUT2D eigenvalue weighted by Gasteiger charge is 2.29. The van der Waals surface area contributed by atoms with Crippen molar-refractivity contribution in [2.24, 2.45) is 0 Å². The maximum Gasteiger partial charge on any atom is 0.248 e. The number of nitrogens with zero attached hydrogens (tertiary/aromatic N) is 2. The maximum atomic E-state index is 12.0. The zero-order valence-electron chi connectivity index (χ0n) is 14.4. The van der Waals surface area contributed by atoms with E-state index in [4.69, 9.17) is 23.2 Å². The summed E-state index contributed by atoms with van der Waals surface area (Å²) in [4.78, 5) is 17.0. The summed E-state index contributed by atoms with van der Waals surface area (Å²) in [5.41, 5.74) is 4.39. The Morgan fingerprint density at radius 2 is 2.19 bits per heavy atom. The Kier molecular flexibility index (Phi) is 4.73. The number of carbonyl (C=O) groups is 1. The number of fused-ring (bicyclic) bond motifs is 3. The first kappa shape index (κ1) is 18.1. The molecule has 0 spiro atoms. The van der Waals surface area contributed by atoms with Gasteiger partial charge < -0.3 is 15.0 Å². The fraction of sp³-hybridized carbons (Fsp3) is 0.300. The number of hydrogen-bond acceptors (Lipinski definition) is 3. The predicted octanol–water partition coefficient (Wildman–Crippen LogP) is 1.32. The summed E-state index contributed by atoms with van der Waals surface area (Å²) < 4.78 is 0. The third-order valence-electron chi connectivity index (χ3n) is 5.23. The molecular weight excluding hydrogens is 385 g/mol. The highest BCUT2D eigenvalue weighted by Crippen LogP contribution is 2.31. The normalized spacial score (nSPS) is 18.7. The van der Waals surface area contributed by atoms with Crippen molar-refractivity contribution in [1.82, 2.24) is 9.88 Å². The van der Waals surface area contributed by atoms with Gasteiger partial charge in [-0.15, -0.1) is 11.6 Å². The summed E-state index contributed by atoms with van der Waals surface area (Å²) in [7, 11) is 0. The van der Waals surface area contributed by atoms with E-state index in [9.17, 15) is 15.2 Å². The lowest BCUT2D eigenvalue weighted by atomic mass is 9.90. The zero-order chi connectivity index (χ0) is 19.1. The number of halogens is 2. The zero-order valence-corrected chi connectivity index (χ0v) is 15.9. The number of hydrogen-bond donors (Lipinski definition) is 2. The van der Waals surface area contributed by atoms with E-state index in [1.54, 1.807) is 11.0 Å². The van der Waals surface area contributed by atoms with Gasteiger partial charge in [0.1, 0.15) is 6.61 Å². The van der Waals surface area contributed by atoms with Gasteiger partial charge in [0, 0.05) is 36.0 Å². The molecular formula is C20H17Cl2N3O2. The molecule has 2 N–H and O–H groups in total. The number of aromatic amines is 1. The minimum Gasteiger partial charge on any atom is -0.387 e. The van der Waals surface area contributed by atoms with Crippen molar-refractivity contribution >= 4 is 39.7 Å². The fourth-order valence-electron chi connectivity index (χ4n) is 3.94. The molecule has 1 amide bonds. The number of carbonyl (C=O) groups excluding carboxylic acids is 1. The van der Waals surface area contributed by atoms with Gasteiger partial charge in [-0.25, -0.2) is 0 Å². The maximum absolute atomic E-state index is 12.0. The Morgan fingerprint density at radius 3 is 2.93 bits per heavy atom. The molecule has 2 aliphatic rings. The summed E-state index contributed by atoms with van der Waals surface area (Å²) in [5, 5.41) is 20.6. The molecule has 0 saturated carbocycles. The van der Waals surface area contributed by atoms with Crippen LogP contribution in [0, 0.1) is 11.3 Å². The Morgan fingerprint density at radius 1 is 1.41 bits per heavy atom. The summed E-state index contributed by atoms with van der Waals surface area (Å²) in [6.07, 6.45) is 1.16. The van der Waals surface area contributed by atoms with Crippen LogP contribution in [0.1, 0.15) is 28.8 Å². The number of nitrogens with one attached hydrogen (secondary N) is 1. The second-order valence-corrected chi connectivity index (χ2v) is 7.65. The van der Waals surface area contributed by atoms with Gasteiger partial charge in [0.25, 0.3) is 0 Å². The van der Waals surface area contributed by atoms with Gasteiger partial charge in [-0.2, -0.15) is 5.26 Å². The highest BCUT2D eigenvalue weighted by molar-refractivity contribution is 6.51. The molecule has 1 atom stereocenters. The molecule has 4 rings (SSSR count). The van der Waals surface area contributed by atoms with Gasteiger partial charge >= 0.3 is 0 Å². The lowest BCUT2D eigenvalue weighted by molar-refractivity contribution is -0.135. The first-order chi connectivity index (χ1) is 13.0. The minimum absolute atomic E-state index is 0.296. The number of alkyl halides is 1. The van der Waals surface area contributed by atoms with Crippen LogP contribution in [-0.4, -0.2) is 39.4 Å². The number of aliphatic hydroxyl groups excluding tert-OH is 1. The Balaban J connectivity index is 2.02. The SMILES string of the molecule is N#Cc1ccccc1C1=c2c3c([nH]c2=C(Cl)C(Cl)C1)CCN(C(=O)CO)C3. The highest BCUT2D eigenvalue weighted by atomic mass is 35.5. The third-order valence-corrected chi connectivity index (χ3v) is 6.17. The number of aliphatic hydroxyl groups is 1. The molecule has 1 aliphatic heterocycles. The van der Waals surface area contributed by atoms with Crippen molar-refractivity contribution in [3.05, 3.63) is 57.2 Å². The van der Waals surface area contributed by atoms with Crippen LogP contribution in [0.25, 0.3) is 10.6 Å². The van der Waals surface area contributed by atoms with Crippen LogP contribution in [0.3, 0.4) is 0 Å². The molecule has 138 valence electrons. The van der Waals surface area contributed by atoms with Crippen LogP contribution in [0.5, 0.6) is 0 Å². The first-order valence-corrected chi connectivity index (χ1v) is 9.51. The summed E-state index contributed by atoms with van der Waals surface area (Å²) in [5.74, 6) is -0.296. The molecule has 0 radical (unpaired) electrons. The number of nitriles is 1. The molecule has 0 bridgehead atoms. The fourth-order valence-corrected chi connectivity index (χ4v) is 4.42. The largest absolute Gasteiger partial charge is 0.387 e. The molecule has 7 heteroatoms. The standard InChI is InChI=1S/C20H17Cl2N3O2/c21-15-7-13(12-4-2-1-3-11(12)8-23)18-14-9-25(17(27)10-26)6-5-16(14)24-20(18)19(15)22/h1-4,15,24,26H,5-7,9-10H2. The van der Waals surface area contributed by atoms with E-state index in [1.165, 1.54) is 0 Å². The minimum atomic E-state index is -0.508. The van der Waals surface area contributed by atoms with Crippen LogP contribution in [-0.2, 0) is 17.8 Å². The van der Waals surface area contributed by atoms with E-state index in [2.05, 4.69) is 11.1 Å². The average Bonchev–Trinajstić information content (AvgIpc) is 3.09. The van der Waals surface area contributed by atoms with Gasteiger partial charge in [0.05, 0.1) is 27.4 Å². The quantitative estimate of drug-likeness (QED) is 0.744. The summed E-state index contributed by atoms with van der Waals surface area (Å²) in [6, 6.07) is 9.67. The van der Waals surface area contributed by atoms with E-state index < -0.39 is 6.61 Å². The van der Waals surface area contributed by atoms with Crippen LogP contribution in [0.2, 0.25) is 0 Å². The van der Waals surface area contributed by atoms with Crippen molar-refractivity contribution in [2.75, 3.05) is 13.2 Å². The molecule has 0 saturated heterocycles. The van der Waals surface area contributed by atoms with Crippen molar-refractivity contribution in [1.29, 1.82) is 5.26 Å². The molecule has 27 heavy (non-hydrogen) atoms. The Labute approximate surface area is 166 Å². The smallest absolute Gasteiger partial charge is 0.248 e. The van der Waals surface area contributed by atoms with Gasteiger partial charge in [-0.3, -0.25) is 4.79 Å². The number of aromatic nitrogens is 1. The van der Waals surface area contributed by atoms with Crippen LogP contribution >= 0.6 is 23.2 Å². The lowest BCUT2D eigenvalue weighted by Gasteiger charge is -2.27. The van der Waals surface area contributed by atoms with Crippen molar-refractivity contribution in [3.63, 3.8) is 0 Å². The Hall–Kier alpha value is -2.26. The summed E-state index contributed by atoms with van der Waals surface area (Å²) >= 11 is 13.0. The third kappa shape index (κ3) is 2.94. The van der Waals surface area contributed by atoms with Gasteiger partial charge in [-0.05, 0) is 23.6 Å². The van der Waals surface area contributed by atoms with Crippen LogP contribution < -0.4 is 10.6 Å². The van der Waals surface area contributed by atoms with Crippen molar-refractivity contribution in [3.8, 4) is 6.07 Å². The average molecular weight is 402 g/mol. The predicted molar refractivity (Wildman–Crippen MR) is 103 cm³/mol. The molecule has 2 heterocycles. The second kappa shape index (κ2) is 7.05. The Bertz CT molecular complexity index is 1100. The van der Waals surface area contributed by atoms with E-state index in [-0.39, 0.29) is 11.3 Å². The van der Waals surface area contributed by atoms with Crippen molar-refractivity contribution in [2.45, 2.75) is 24.8 Å². The van der Waals surface area contributed by atoms with E-state index in [0.29, 0.717) is 36.5 Å². The second-order valence-electron chi connectivity index (χ2n) is 6.71. The van der Waals surface area contributed by atoms with Gasteiger partial charge in [0.2, 0.25) is 5.91 Å². The molecule has 0 fully saturated rings. The molecule has 1 unspecified atom stereocenters.